The summed E-state index contributed by atoms with van der Waals surface area (Å²) in [7, 11) is 0. The van der Waals surface area contributed by atoms with Gasteiger partial charge in [0.05, 0.1) is 10.0 Å². The predicted molar refractivity (Wildman–Crippen MR) is 79.1 cm³/mol. The van der Waals surface area contributed by atoms with Crippen molar-refractivity contribution in [1.82, 2.24) is 10.6 Å². The summed E-state index contributed by atoms with van der Waals surface area (Å²) in [5.41, 5.74) is 0.630. The van der Waals surface area contributed by atoms with E-state index < -0.39 is 0 Å². The van der Waals surface area contributed by atoms with Crippen molar-refractivity contribution in [1.29, 1.82) is 0 Å². The summed E-state index contributed by atoms with van der Waals surface area (Å²) < 4.78 is 0. The molecule has 0 aromatic heterocycles. The topological polar surface area (TPSA) is 53.2 Å². The van der Waals surface area contributed by atoms with Gasteiger partial charge in [-0.15, -0.1) is 0 Å². The van der Waals surface area contributed by atoms with Gasteiger partial charge in [0.1, 0.15) is 0 Å². The molecule has 0 spiro atoms. The lowest BCUT2D eigenvalue weighted by atomic mass is 10.1. The van der Waals surface area contributed by atoms with Gasteiger partial charge >= 0.3 is 6.03 Å². The van der Waals surface area contributed by atoms with Crippen LogP contribution in [0.3, 0.4) is 0 Å². The number of carbonyl (C=O) groups excluding carboxylic acids is 1. The molecule has 1 atom stereocenters. The maximum atomic E-state index is 11.7. The van der Waals surface area contributed by atoms with Crippen molar-refractivity contribution in [3.63, 3.8) is 0 Å². The summed E-state index contributed by atoms with van der Waals surface area (Å²) in [4.78, 5) is 11.7. The molecule has 1 fully saturated rings. The van der Waals surface area contributed by atoms with E-state index in [1.807, 2.05) is 0 Å². The molecule has 2 rings (SSSR count). The molecule has 1 aromatic rings. The maximum Gasteiger partial charge on any atom is 0.319 e. The van der Waals surface area contributed by atoms with Crippen LogP contribution >= 0.6 is 23.2 Å². The van der Waals surface area contributed by atoms with Gasteiger partial charge in [-0.2, -0.15) is 0 Å². The number of urea groups is 1. The third-order valence-corrected chi connectivity index (χ3v) is 3.86. The van der Waals surface area contributed by atoms with Crippen molar-refractivity contribution in [2.45, 2.75) is 25.3 Å². The lowest BCUT2D eigenvalue weighted by Gasteiger charge is -2.11. The molecule has 1 heterocycles. The Morgan fingerprint density at radius 1 is 1.37 bits per heavy atom. The summed E-state index contributed by atoms with van der Waals surface area (Å²) in [6.45, 7) is 1.74. The van der Waals surface area contributed by atoms with Crippen molar-refractivity contribution in [3.8, 4) is 0 Å². The molecule has 0 aliphatic carbocycles. The van der Waals surface area contributed by atoms with E-state index in [0.29, 0.717) is 28.3 Å². The van der Waals surface area contributed by atoms with E-state index in [1.54, 1.807) is 18.2 Å². The average molecular weight is 302 g/mol. The second-order valence-electron chi connectivity index (χ2n) is 4.59. The molecule has 1 saturated heterocycles. The molecular weight excluding hydrogens is 285 g/mol. The lowest BCUT2D eigenvalue weighted by molar-refractivity contribution is 0.251. The number of rotatable bonds is 4. The van der Waals surface area contributed by atoms with Gasteiger partial charge in [-0.25, -0.2) is 4.79 Å². The van der Waals surface area contributed by atoms with Crippen LogP contribution in [0.15, 0.2) is 18.2 Å². The maximum absolute atomic E-state index is 11.7. The first kappa shape index (κ1) is 14.4. The Kier molecular flexibility index (Phi) is 5.31. The SMILES string of the molecule is O=C(NCC[C@@H]1CCCN1)Nc1ccc(Cl)c(Cl)c1. The normalized spacial score (nSPS) is 18.3. The van der Waals surface area contributed by atoms with Crippen molar-refractivity contribution in [2.75, 3.05) is 18.4 Å². The van der Waals surface area contributed by atoms with Crippen LogP contribution < -0.4 is 16.0 Å². The number of hydrogen-bond acceptors (Lipinski definition) is 2. The number of nitrogens with one attached hydrogen (secondary N) is 3. The largest absolute Gasteiger partial charge is 0.338 e. The van der Waals surface area contributed by atoms with Crippen LogP contribution in [0.25, 0.3) is 0 Å². The first-order valence-corrected chi connectivity index (χ1v) is 7.14. The molecule has 2 amide bonds. The average Bonchev–Trinajstić information content (AvgIpc) is 2.87. The molecular formula is C13H17Cl2N3O. The molecule has 1 aliphatic rings. The van der Waals surface area contributed by atoms with E-state index in [2.05, 4.69) is 16.0 Å². The van der Waals surface area contributed by atoms with E-state index in [4.69, 9.17) is 23.2 Å². The Bertz CT molecular complexity index is 448. The van der Waals surface area contributed by atoms with Gasteiger partial charge in [0, 0.05) is 18.3 Å². The lowest BCUT2D eigenvalue weighted by Crippen LogP contribution is -2.33. The molecule has 104 valence electrons. The first-order chi connectivity index (χ1) is 9.15. The van der Waals surface area contributed by atoms with Gasteiger partial charge in [0.2, 0.25) is 0 Å². The third-order valence-electron chi connectivity index (χ3n) is 3.12. The summed E-state index contributed by atoms with van der Waals surface area (Å²) in [5, 5.41) is 9.84. The zero-order valence-electron chi connectivity index (χ0n) is 10.5. The highest BCUT2D eigenvalue weighted by Gasteiger charge is 2.13. The fourth-order valence-corrected chi connectivity index (χ4v) is 2.41. The van der Waals surface area contributed by atoms with E-state index in [0.717, 1.165) is 13.0 Å². The minimum absolute atomic E-state index is 0.226. The summed E-state index contributed by atoms with van der Waals surface area (Å²) in [5.74, 6) is 0. The van der Waals surface area contributed by atoms with Crippen LogP contribution in [-0.4, -0.2) is 25.2 Å². The van der Waals surface area contributed by atoms with Gasteiger partial charge < -0.3 is 16.0 Å². The molecule has 6 heteroatoms. The second-order valence-corrected chi connectivity index (χ2v) is 5.41. The van der Waals surface area contributed by atoms with Crippen LogP contribution in [0.1, 0.15) is 19.3 Å². The highest BCUT2D eigenvalue weighted by molar-refractivity contribution is 6.42. The monoisotopic (exact) mass is 301 g/mol. The highest BCUT2D eigenvalue weighted by Crippen LogP contribution is 2.24. The molecule has 3 N–H and O–H groups in total. The fraction of sp³-hybridized carbons (Fsp3) is 0.462. The van der Waals surface area contributed by atoms with Crippen molar-refractivity contribution < 1.29 is 4.79 Å². The molecule has 1 aromatic carbocycles. The van der Waals surface area contributed by atoms with Gasteiger partial charge in [-0.3, -0.25) is 0 Å². The van der Waals surface area contributed by atoms with Crippen LogP contribution in [0.2, 0.25) is 10.0 Å². The Hall–Kier alpha value is -0.970. The second kappa shape index (κ2) is 6.98. The zero-order chi connectivity index (χ0) is 13.7. The Labute approximate surface area is 122 Å². The minimum atomic E-state index is -0.226. The van der Waals surface area contributed by atoms with E-state index >= 15 is 0 Å². The van der Waals surface area contributed by atoms with E-state index in [1.165, 1.54) is 12.8 Å². The molecule has 0 bridgehead atoms. The van der Waals surface area contributed by atoms with Crippen LogP contribution in [-0.2, 0) is 0 Å². The van der Waals surface area contributed by atoms with Crippen molar-refractivity contribution in [2.24, 2.45) is 0 Å². The number of amides is 2. The summed E-state index contributed by atoms with van der Waals surface area (Å²) in [6, 6.07) is 5.30. The number of hydrogen-bond donors (Lipinski definition) is 3. The van der Waals surface area contributed by atoms with Crippen LogP contribution in [0, 0.1) is 0 Å². The molecule has 0 saturated carbocycles. The molecule has 4 nitrogen and oxygen atoms in total. The quantitative estimate of drug-likeness (QED) is 0.799. The Morgan fingerprint density at radius 3 is 2.89 bits per heavy atom. The first-order valence-electron chi connectivity index (χ1n) is 6.38. The number of halogens is 2. The van der Waals surface area contributed by atoms with E-state index in [9.17, 15) is 4.79 Å². The zero-order valence-corrected chi connectivity index (χ0v) is 12.0. The Morgan fingerprint density at radius 2 is 2.21 bits per heavy atom. The third kappa shape index (κ3) is 4.56. The Balaban J connectivity index is 1.72. The van der Waals surface area contributed by atoms with E-state index in [-0.39, 0.29) is 6.03 Å². The number of carbonyl (C=O) groups is 1. The fourth-order valence-electron chi connectivity index (χ4n) is 2.11. The number of anilines is 1. The van der Waals surface area contributed by atoms with Gasteiger partial charge in [-0.1, -0.05) is 23.2 Å². The van der Waals surface area contributed by atoms with Crippen molar-refractivity contribution >= 4 is 34.9 Å². The summed E-state index contributed by atoms with van der Waals surface area (Å²) >= 11 is 11.7. The van der Waals surface area contributed by atoms with Crippen LogP contribution in [0.5, 0.6) is 0 Å². The van der Waals surface area contributed by atoms with Gasteiger partial charge in [0.25, 0.3) is 0 Å². The molecule has 0 radical (unpaired) electrons. The smallest absolute Gasteiger partial charge is 0.319 e. The molecule has 19 heavy (non-hydrogen) atoms. The number of benzene rings is 1. The predicted octanol–water partition coefficient (Wildman–Crippen LogP) is 3.26. The standard InChI is InChI=1S/C13H17Cl2N3O/c14-11-4-3-10(8-12(11)15)18-13(19)17-7-5-9-2-1-6-16-9/h3-4,8-9,16H,1-2,5-7H2,(H2,17,18,19)/t9-/m0/s1. The van der Waals surface area contributed by atoms with Gasteiger partial charge in [0.15, 0.2) is 0 Å². The molecule has 0 unspecified atom stereocenters. The minimum Gasteiger partial charge on any atom is -0.338 e. The summed E-state index contributed by atoms with van der Waals surface area (Å²) in [6.07, 6.45) is 3.37. The van der Waals surface area contributed by atoms with Crippen molar-refractivity contribution in [3.05, 3.63) is 28.2 Å². The van der Waals surface area contributed by atoms with Crippen LogP contribution in [0.4, 0.5) is 10.5 Å². The molecule has 1 aliphatic heterocycles. The van der Waals surface area contributed by atoms with Gasteiger partial charge in [-0.05, 0) is 44.0 Å². The highest BCUT2D eigenvalue weighted by atomic mass is 35.5.